The Kier molecular flexibility index (Phi) is 4.06. The van der Waals surface area contributed by atoms with Gasteiger partial charge in [0.1, 0.15) is 4.83 Å². The Morgan fingerprint density at radius 1 is 1.41 bits per heavy atom. The number of H-pyrrole nitrogens is 1. The molecule has 1 aliphatic rings. The number of hydrogen-bond donors (Lipinski definition) is 1. The summed E-state index contributed by atoms with van der Waals surface area (Å²) in [5.74, 6) is 0.689. The average molecular weight is 337 g/mol. The van der Waals surface area contributed by atoms with Crippen molar-refractivity contribution in [3.63, 3.8) is 0 Å². The van der Waals surface area contributed by atoms with E-state index in [0.717, 1.165) is 29.5 Å². The number of rotatable bonds is 2. The third-order valence-electron chi connectivity index (χ3n) is 4.86. The second-order valence-electron chi connectivity index (χ2n) is 7.40. The monoisotopic (exact) mass is 336 g/mol. The molecule has 0 fully saturated rings. The summed E-state index contributed by atoms with van der Waals surface area (Å²) >= 11 is 7.11. The summed E-state index contributed by atoms with van der Waals surface area (Å²) in [5.41, 5.74) is 1.71. The van der Waals surface area contributed by atoms with E-state index >= 15 is 0 Å². The first-order chi connectivity index (χ1) is 10.3. The Labute approximate surface area is 140 Å². The van der Waals surface area contributed by atoms with E-state index in [0.29, 0.717) is 22.6 Å². The quantitative estimate of drug-likeness (QED) is 0.809. The van der Waals surface area contributed by atoms with Gasteiger partial charge in [-0.15, -0.1) is 11.3 Å². The highest BCUT2D eigenvalue weighted by Crippen LogP contribution is 2.41. The standard InChI is InChI=1S/C17H24N2OS2/c1-5-8-19-15(20)13-11-7-6-10(17(2,3)4)9-12(11)22-14(13)18-16(19)21/h10H,5-9H2,1-4H3,(H,18,21)/t10-/m0/s1. The van der Waals surface area contributed by atoms with E-state index in [1.807, 2.05) is 0 Å². The first-order valence-corrected chi connectivity index (χ1v) is 9.32. The third-order valence-corrected chi connectivity index (χ3v) is 6.35. The van der Waals surface area contributed by atoms with Gasteiger partial charge in [-0.2, -0.15) is 0 Å². The summed E-state index contributed by atoms with van der Waals surface area (Å²) in [6.45, 7) is 9.72. The summed E-state index contributed by atoms with van der Waals surface area (Å²) in [6, 6.07) is 0. The zero-order valence-corrected chi connectivity index (χ0v) is 15.4. The molecule has 0 radical (unpaired) electrons. The largest absolute Gasteiger partial charge is 0.323 e. The molecule has 5 heteroatoms. The number of thiophene rings is 1. The minimum absolute atomic E-state index is 0.104. The molecule has 0 aliphatic heterocycles. The van der Waals surface area contributed by atoms with Gasteiger partial charge in [0.05, 0.1) is 5.39 Å². The molecule has 0 amide bonds. The second-order valence-corrected chi connectivity index (χ2v) is 8.89. The molecule has 2 aromatic heterocycles. The molecule has 0 bridgehead atoms. The van der Waals surface area contributed by atoms with Crippen LogP contribution in [0.15, 0.2) is 4.79 Å². The lowest BCUT2D eigenvalue weighted by atomic mass is 9.72. The lowest BCUT2D eigenvalue weighted by Gasteiger charge is -2.33. The highest BCUT2D eigenvalue weighted by atomic mass is 32.1. The predicted octanol–water partition coefficient (Wildman–Crippen LogP) is 4.68. The van der Waals surface area contributed by atoms with Gasteiger partial charge in [0.15, 0.2) is 4.77 Å². The molecular weight excluding hydrogens is 312 g/mol. The van der Waals surface area contributed by atoms with Gasteiger partial charge in [0, 0.05) is 11.4 Å². The van der Waals surface area contributed by atoms with E-state index in [-0.39, 0.29) is 5.56 Å². The highest BCUT2D eigenvalue weighted by Gasteiger charge is 2.31. The number of nitrogens with one attached hydrogen (secondary N) is 1. The van der Waals surface area contributed by atoms with Crippen molar-refractivity contribution >= 4 is 33.8 Å². The molecule has 0 saturated heterocycles. The summed E-state index contributed by atoms with van der Waals surface area (Å²) in [5, 5.41) is 0.898. The Balaban J connectivity index is 2.16. The molecule has 1 atom stereocenters. The number of aromatic nitrogens is 2. The Hall–Kier alpha value is -0.940. The Bertz CT molecular complexity index is 820. The van der Waals surface area contributed by atoms with Crippen LogP contribution in [0.2, 0.25) is 0 Å². The van der Waals surface area contributed by atoms with Gasteiger partial charge < -0.3 is 4.98 Å². The maximum absolute atomic E-state index is 12.8. The highest BCUT2D eigenvalue weighted by molar-refractivity contribution is 7.71. The van der Waals surface area contributed by atoms with Crippen LogP contribution >= 0.6 is 23.6 Å². The van der Waals surface area contributed by atoms with Crippen LogP contribution in [0.4, 0.5) is 0 Å². The van der Waals surface area contributed by atoms with Crippen molar-refractivity contribution < 1.29 is 0 Å². The molecule has 0 spiro atoms. The van der Waals surface area contributed by atoms with E-state index in [4.69, 9.17) is 12.2 Å². The third kappa shape index (κ3) is 2.58. The molecule has 120 valence electrons. The van der Waals surface area contributed by atoms with Crippen LogP contribution in [0.5, 0.6) is 0 Å². The van der Waals surface area contributed by atoms with Gasteiger partial charge in [-0.3, -0.25) is 9.36 Å². The number of nitrogens with zero attached hydrogens (tertiary/aromatic N) is 1. The summed E-state index contributed by atoms with van der Waals surface area (Å²) in [4.78, 5) is 18.5. The maximum atomic E-state index is 12.8. The molecule has 1 aliphatic carbocycles. The van der Waals surface area contributed by atoms with Gasteiger partial charge in [-0.05, 0) is 54.8 Å². The van der Waals surface area contributed by atoms with Gasteiger partial charge >= 0.3 is 0 Å². The van der Waals surface area contributed by atoms with Crippen LogP contribution in [0.1, 0.15) is 51.0 Å². The lowest BCUT2D eigenvalue weighted by Crippen LogP contribution is -2.27. The fraction of sp³-hybridized carbons (Fsp3) is 0.647. The van der Waals surface area contributed by atoms with Crippen LogP contribution in [-0.2, 0) is 19.4 Å². The van der Waals surface area contributed by atoms with Crippen molar-refractivity contribution in [1.29, 1.82) is 0 Å². The second kappa shape index (κ2) is 5.60. The van der Waals surface area contributed by atoms with E-state index in [1.165, 1.54) is 16.9 Å². The molecular formula is C17H24N2OS2. The summed E-state index contributed by atoms with van der Waals surface area (Å²) < 4.78 is 2.28. The Morgan fingerprint density at radius 2 is 2.14 bits per heavy atom. The van der Waals surface area contributed by atoms with Crippen LogP contribution < -0.4 is 5.56 Å². The molecule has 1 N–H and O–H groups in total. The van der Waals surface area contributed by atoms with Gasteiger partial charge in [-0.25, -0.2) is 0 Å². The minimum Gasteiger partial charge on any atom is -0.323 e. The van der Waals surface area contributed by atoms with E-state index < -0.39 is 0 Å². The fourth-order valence-corrected chi connectivity index (χ4v) is 5.12. The SMILES string of the molecule is CCCn1c(=S)[nH]c2sc3c(c2c1=O)CC[C@H](C(C)(C)C)C3. The predicted molar refractivity (Wildman–Crippen MR) is 96.5 cm³/mol. The zero-order chi connectivity index (χ0) is 16.1. The van der Waals surface area contributed by atoms with Gasteiger partial charge in [-0.1, -0.05) is 27.7 Å². The van der Waals surface area contributed by atoms with E-state index in [1.54, 1.807) is 15.9 Å². The molecule has 22 heavy (non-hydrogen) atoms. The normalized spacial score (nSPS) is 18.6. The lowest BCUT2D eigenvalue weighted by molar-refractivity contribution is 0.218. The number of aromatic amines is 1. The van der Waals surface area contributed by atoms with Crippen molar-refractivity contribution in [2.24, 2.45) is 11.3 Å². The van der Waals surface area contributed by atoms with Crippen molar-refractivity contribution in [1.82, 2.24) is 9.55 Å². The van der Waals surface area contributed by atoms with Crippen molar-refractivity contribution in [2.45, 2.75) is 59.9 Å². The molecule has 3 rings (SSSR count). The van der Waals surface area contributed by atoms with Crippen molar-refractivity contribution in [2.75, 3.05) is 0 Å². The van der Waals surface area contributed by atoms with Crippen molar-refractivity contribution in [3.05, 3.63) is 25.6 Å². The van der Waals surface area contributed by atoms with E-state index in [9.17, 15) is 4.79 Å². The first-order valence-electron chi connectivity index (χ1n) is 8.10. The molecule has 3 nitrogen and oxygen atoms in total. The average Bonchev–Trinajstić information content (AvgIpc) is 2.79. The molecule has 0 unspecified atom stereocenters. The smallest absolute Gasteiger partial charge is 0.263 e. The molecule has 2 aromatic rings. The molecule has 2 heterocycles. The molecule has 0 saturated carbocycles. The zero-order valence-electron chi connectivity index (χ0n) is 13.8. The van der Waals surface area contributed by atoms with E-state index in [2.05, 4.69) is 32.7 Å². The van der Waals surface area contributed by atoms with Crippen LogP contribution in [0.25, 0.3) is 10.2 Å². The van der Waals surface area contributed by atoms with Crippen LogP contribution in [-0.4, -0.2) is 9.55 Å². The van der Waals surface area contributed by atoms with Gasteiger partial charge in [0.25, 0.3) is 5.56 Å². The minimum atomic E-state index is 0.104. The van der Waals surface area contributed by atoms with Crippen molar-refractivity contribution in [3.8, 4) is 0 Å². The number of hydrogen-bond acceptors (Lipinski definition) is 3. The topological polar surface area (TPSA) is 37.8 Å². The molecule has 0 aromatic carbocycles. The number of fused-ring (bicyclic) bond motifs is 3. The van der Waals surface area contributed by atoms with Gasteiger partial charge in [0.2, 0.25) is 0 Å². The summed E-state index contributed by atoms with van der Waals surface area (Å²) in [6.07, 6.45) is 4.20. The van der Waals surface area contributed by atoms with Crippen LogP contribution in [0, 0.1) is 16.1 Å². The van der Waals surface area contributed by atoms with Crippen LogP contribution in [0.3, 0.4) is 0 Å². The maximum Gasteiger partial charge on any atom is 0.263 e. The fourth-order valence-electron chi connectivity index (χ4n) is 3.46. The first kappa shape index (κ1) is 15.9. The Morgan fingerprint density at radius 3 is 2.77 bits per heavy atom. The number of aryl methyl sites for hydroxylation is 1. The summed E-state index contributed by atoms with van der Waals surface area (Å²) in [7, 11) is 0.